The Morgan fingerprint density at radius 1 is 1.28 bits per heavy atom. The van der Waals surface area contributed by atoms with E-state index in [0.717, 1.165) is 34.8 Å². The fraction of sp³-hybridized carbons (Fsp3) is 0.533. The number of nitrogens with one attached hydrogen (secondary N) is 1. The lowest BCUT2D eigenvalue weighted by Gasteiger charge is -2.05. The molecule has 2 aromatic rings. The van der Waals surface area contributed by atoms with E-state index in [-0.39, 0.29) is 0 Å². The number of rotatable bonds is 4. The van der Waals surface area contributed by atoms with Crippen LogP contribution in [0.25, 0.3) is 11.0 Å². The third-order valence-corrected chi connectivity index (χ3v) is 4.13. The number of aromatic nitrogens is 2. The number of aromatic amines is 1. The van der Waals surface area contributed by atoms with Crippen molar-refractivity contribution in [3.8, 4) is 0 Å². The van der Waals surface area contributed by atoms with E-state index in [9.17, 15) is 0 Å². The molecule has 1 saturated carbocycles. The van der Waals surface area contributed by atoms with Crippen molar-refractivity contribution in [2.24, 2.45) is 11.7 Å². The Bertz CT molecular complexity index is 524. The van der Waals surface area contributed by atoms with Crippen molar-refractivity contribution in [2.75, 3.05) is 0 Å². The number of nitrogens with two attached hydrogens (primary N) is 1. The summed E-state index contributed by atoms with van der Waals surface area (Å²) in [6, 6.07) is 6.19. The molecule has 3 N–H and O–H groups in total. The summed E-state index contributed by atoms with van der Waals surface area (Å²) in [6.45, 7) is 0.560. The van der Waals surface area contributed by atoms with Gasteiger partial charge < -0.3 is 10.7 Å². The Balaban J connectivity index is 1.76. The Hall–Kier alpha value is -1.35. The van der Waals surface area contributed by atoms with Crippen LogP contribution in [-0.2, 0) is 13.0 Å². The molecule has 0 radical (unpaired) electrons. The fourth-order valence-electron chi connectivity index (χ4n) is 3.07. The largest absolute Gasteiger partial charge is 0.342 e. The molecule has 1 aliphatic rings. The van der Waals surface area contributed by atoms with Crippen molar-refractivity contribution in [2.45, 2.75) is 45.1 Å². The highest BCUT2D eigenvalue weighted by Gasteiger charge is 2.15. The predicted octanol–water partition coefficient (Wildman–Crippen LogP) is 3.14. The number of aryl methyl sites for hydroxylation is 1. The molecule has 1 fully saturated rings. The van der Waals surface area contributed by atoms with Crippen LogP contribution in [0.5, 0.6) is 0 Å². The van der Waals surface area contributed by atoms with Crippen LogP contribution >= 0.6 is 0 Å². The van der Waals surface area contributed by atoms with E-state index in [1.807, 2.05) is 6.07 Å². The summed E-state index contributed by atoms with van der Waals surface area (Å²) in [7, 11) is 0. The first-order valence-corrected chi connectivity index (χ1v) is 7.03. The number of imidazole rings is 1. The molecule has 3 rings (SSSR count). The van der Waals surface area contributed by atoms with Crippen LogP contribution in [0.4, 0.5) is 0 Å². The smallest absolute Gasteiger partial charge is 0.107 e. The normalized spacial score (nSPS) is 16.7. The summed E-state index contributed by atoms with van der Waals surface area (Å²) in [6.07, 6.45) is 8.01. The molecular weight excluding hydrogens is 222 g/mol. The number of H-pyrrole nitrogens is 1. The summed E-state index contributed by atoms with van der Waals surface area (Å²) < 4.78 is 0. The van der Waals surface area contributed by atoms with Gasteiger partial charge in [-0.1, -0.05) is 37.8 Å². The van der Waals surface area contributed by atoms with Gasteiger partial charge in [-0.25, -0.2) is 4.98 Å². The minimum absolute atomic E-state index is 0.560. The molecule has 1 aromatic heterocycles. The maximum Gasteiger partial charge on any atom is 0.107 e. The van der Waals surface area contributed by atoms with Crippen LogP contribution in [0.2, 0.25) is 0 Å². The van der Waals surface area contributed by atoms with Crippen molar-refractivity contribution in [3.05, 3.63) is 29.6 Å². The number of benzene rings is 1. The minimum atomic E-state index is 0.560. The SMILES string of the molecule is NCc1cccc2[nH]c(CCC3CCCC3)nc12. The molecule has 3 heteroatoms. The number of hydrogen-bond acceptors (Lipinski definition) is 2. The Morgan fingerprint density at radius 3 is 2.89 bits per heavy atom. The Morgan fingerprint density at radius 2 is 2.11 bits per heavy atom. The van der Waals surface area contributed by atoms with Gasteiger partial charge in [0.2, 0.25) is 0 Å². The maximum atomic E-state index is 5.74. The highest BCUT2D eigenvalue weighted by Crippen LogP contribution is 2.28. The molecule has 1 heterocycles. The quantitative estimate of drug-likeness (QED) is 0.866. The van der Waals surface area contributed by atoms with Crippen LogP contribution in [0.15, 0.2) is 18.2 Å². The van der Waals surface area contributed by atoms with E-state index < -0.39 is 0 Å². The molecule has 0 spiro atoms. The molecule has 1 aliphatic carbocycles. The predicted molar refractivity (Wildman–Crippen MR) is 74.3 cm³/mol. The standard InChI is InChI=1S/C15H21N3/c16-10-12-6-3-7-13-15(12)18-14(17-13)9-8-11-4-1-2-5-11/h3,6-7,11H,1-2,4-5,8-10,16H2,(H,17,18). The van der Waals surface area contributed by atoms with Gasteiger partial charge in [-0.3, -0.25) is 0 Å². The van der Waals surface area contributed by atoms with Crippen LogP contribution in [-0.4, -0.2) is 9.97 Å². The molecule has 0 bridgehead atoms. The Kier molecular flexibility index (Phi) is 3.33. The van der Waals surface area contributed by atoms with Gasteiger partial charge in [-0.15, -0.1) is 0 Å². The first-order valence-electron chi connectivity index (χ1n) is 7.03. The average Bonchev–Trinajstić information content (AvgIpc) is 3.04. The second-order valence-corrected chi connectivity index (χ2v) is 5.39. The van der Waals surface area contributed by atoms with Gasteiger partial charge in [0.05, 0.1) is 11.0 Å². The van der Waals surface area contributed by atoms with Crippen LogP contribution < -0.4 is 5.73 Å². The molecule has 18 heavy (non-hydrogen) atoms. The third-order valence-electron chi connectivity index (χ3n) is 4.13. The first kappa shape index (κ1) is 11.7. The lowest BCUT2D eigenvalue weighted by atomic mass is 10.0. The molecule has 0 unspecified atom stereocenters. The molecule has 0 atom stereocenters. The molecule has 0 amide bonds. The highest BCUT2D eigenvalue weighted by atomic mass is 14.9. The number of fused-ring (bicyclic) bond motifs is 1. The summed E-state index contributed by atoms with van der Waals surface area (Å²) in [5.41, 5.74) is 9.06. The highest BCUT2D eigenvalue weighted by molar-refractivity contribution is 5.78. The number of para-hydroxylation sites is 1. The summed E-state index contributed by atoms with van der Waals surface area (Å²) in [5.74, 6) is 2.05. The van der Waals surface area contributed by atoms with E-state index >= 15 is 0 Å². The number of hydrogen-bond donors (Lipinski definition) is 2. The molecule has 1 aromatic carbocycles. The lowest BCUT2D eigenvalue weighted by Crippen LogP contribution is -1.98. The molecule has 0 aliphatic heterocycles. The van der Waals surface area contributed by atoms with Crippen LogP contribution in [0, 0.1) is 5.92 Å². The maximum absolute atomic E-state index is 5.74. The van der Waals surface area contributed by atoms with Crippen LogP contribution in [0.1, 0.15) is 43.5 Å². The monoisotopic (exact) mass is 243 g/mol. The lowest BCUT2D eigenvalue weighted by molar-refractivity contribution is 0.498. The molecule has 96 valence electrons. The minimum Gasteiger partial charge on any atom is -0.342 e. The van der Waals surface area contributed by atoms with Gasteiger partial charge in [0.15, 0.2) is 0 Å². The van der Waals surface area contributed by atoms with E-state index in [4.69, 9.17) is 10.7 Å². The summed E-state index contributed by atoms with van der Waals surface area (Å²) >= 11 is 0. The fourth-order valence-corrected chi connectivity index (χ4v) is 3.07. The van der Waals surface area contributed by atoms with Crippen molar-refractivity contribution in [1.82, 2.24) is 9.97 Å². The second-order valence-electron chi connectivity index (χ2n) is 5.39. The van der Waals surface area contributed by atoms with Gasteiger partial charge >= 0.3 is 0 Å². The molecular formula is C15H21N3. The van der Waals surface area contributed by atoms with Gasteiger partial charge in [-0.2, -0.15) is 0 Å². The number of nitrogens with zero attached hydrogens (tertiary/aromatic N) is 1. The van der Waals surface area contributed by atoms with Crippen LogP contribution in [0.3, 0.4) is 0 Å². The van der Waals surface area contributed by atoms with E-state index in [0.29, 0.717) is 6.54 Å². The first-order chi connectivity index (χ1) is 8.86. The molecule has 3 nitrogen and oxygen atoms in total. The Labute approximate surface area is 108 Å². The second kappa shape index (κ2) is 5.11. The van der Waals surface area contributed by atoms with Gasteiger partial charge in [0, 0.05) is 13.0 Å². The van der Waals surface area contributed by atoms with E-state index in [1.54, 1.807) is 0 Å². The zero-order chi connectivity index (χ0) is 12.4. The van der Waals surface area contributed by atoms with Gasteiger partial charge in [-0.05, 0) is 24.0 Å². The zero-order valence-electron chi connectivity index (χ0n) is 10.8. The molecule has 0 saturated heterocycles. The van der Waals surface area contributed by atoms with Gasteiger partial charge in [0.1, 0.15) is 5.82 Å². The van der Waals surface area contributed by atoms with Crippen molar-refractivity contribution >= 4 is 11.0 Å². The zero-order valence-corrected chi connectivity index (χ0v) is 10.8. The topological polar surface area (TPSA) is 54.7 Å². The van der Waals surface area contributed by atoms with Crippen molar-refractivity contribution in [3.63, 3.8) is 0 Å². The third kappa shape index (κ3) is 2.27. The van der Waals surface area contributed by atoms with E-state index in [2.05, 4.69) is 17.1 Å². The van der Waals surface area contributed by atoms with Crippen molar-refractivity contribution < 1.29 is 0 Å². The summed E-state index contributed by atoms with van der Waals surface area (Å²) in [5, 5.41) is 0. The average molecular weight is 243 g/mol. The van der Waals surface area contributed by atoms with E-state index in [1.165, 1.54) is 32.1 Å². The van der Waals surface area contributed by atoms with Crippen molar-refractivity contribution in [1.29, 1.82) is 0 Å². The summed E-state index contributed by atoms with van der Waals surface area (Å²) in [4.78, 5) is 8.14. The van der Waals surface area contributed by atoms with Gasteiger partial charge in [0.25, 0.3) is 0 Å².